The lowest BCUT2D eigenvalue weighted by Gasteiger charge is -2.14. The van der Waals surface area contributed by atoms with Crippen LogP contribution in [-0.4, -0.2) is 42.2 Å². The number of carbonyl (C=O) groups excluding carboxylic acids is 1. The quantitative estimate of drug-likeness (QED) is 0.711. The van der Waals surface area contributed by atoms with Gasteiger partial charge in [-0.25, -0.2) is 8.42 Å². The number of carbonyl (C=O) groups is 1. The first-order chi connectivity index (χ1) is 11.8. The largest absolute Gasteiger partial charge is 0.339 e. The molecule has 7 nitrogen and oxygen atoms in total. The van der Waals surface area contributed by atoms with Crippen molar-refractivity contribution in [2.24, 2.45) is 5.92 Å². The van der Waals surface area contributed by atoms with Crippen LogP contribution in [0.1, 0.15) is 32.0 Å². The third kappa shape index (κ3) is 5.67. The molecule has 0 aliphatic heterocycles. The summed E-state index contributed by atoms with van der Waals surface area (Å²) < 4.78 is 29.6. The molecular formula is C17H23N3O4S. The lowest BCUT2D eigenvalue weighted by molar-refractivity contribution is -0.130. The summed E-state index contributed by atoms with van der Waals surface area (Å²) in [6, 6.07) is 8.12. The molecule has 2 aromatic rings. The van der Waals surface area contributed by atoms with Gasteiger partial charge in [0.05, 0.1) is 17.2 Å². The lowest BCUT2D eigenvalue weighted by atomic mass is 10.1. The highest BCUT2D eigenvalue weighted by atomic mass is 32.2. The molecule has 1 aromatic heterocycles. The molecule has 136 valence electrons. The molecule has 0 atom stereocenters. The SMILES string of the molecule is CC(C)Cc1nc(CN(C)C(=O)CCS(=O)(=O)c2ccccc2)no1. The summed E-state index contributed by atoms with van der Waals surface area (Å²) in [5.74, 6) is 0.839. The van der Waals surface area contributed by atoms with E-state index in [-0.39, 0.29) is 29.5 Å². The summed E-state index contributed by atoms with van der Waals surface area (Å²) in [5, 5.41) is 3.85. The molecule has 1 heterocycles. The minimum Gasteiger partial charge on any atom is -0.339 e. The highest BCUT2D eigenvalue weighted by Gasteiger charge is 2.19. The first-order valence-electron chi connectivity index (χ1n) is 8.11. The molecule has 2 rings (SSSR count). The van der Waals surface area contributed by atoms with Gasteiger partial charge in [-0.05, 0) is 18.1 Å². The van der Waals surface area contributed by atoms with Crippen molar-refractivity contribution in [2.45, 2.75) is 38.1 Å². The van der Waals surface area contributed by atoms with Gasteiger partial charge in [0.25, 0.3) is 0 Å². The Balaban J connectivity index is 1.89. The summed E-state index contributed by atoms with van der Waals surface area (Å²) in [7, 11) is -1.88. The second kappa shape index (κ2) is 8.24. The molecule has 0 unspecified atom stereocenters. The van der Waals surface area contributed by atoms with Gasteiger partial charge in [-0.15, -0.1) is 0 Å². The molecule has 0 N–H and O–H groups in total. The van der Waals surface area contributed by atoms with Crippen LogP contribution in [0.2, 0.25) is 0 Å². The number of aromatic nitrogens is 2. The first kappa shape index (κ1) is 19.1. The zero-order chi connectivity index (χ0) is 18.4. The number of hydrogen-bond acceptors (Lipinski definition) is 6. The van der Waals surface area contributed by atoms with E-state index in [9.17, 15) is 13.2 Å². The van der Waals surface area contributed by atoms with E-state index in [1.807, 2.05) is 13.8 Å². The van der Waals surface area contributed by atoms with Crippen molar-refractivity contribution in [1.29, 1.82) is 0 Å². The van der Waals surface area contributed by atoms with Crippen LogP contribution in [0, 0.1) is 5.92 Å². The van der Waals surface area contributed by atoms with E-state index in [4.69, 9.17) is 4.52 Å². The van der Waals surface area contributed by atoms with E-state index in [1.54, 1.807) is 25.2 Å². The average Bonchev–Trinajstić information content (AvgIpc) is 2.99. The van der Waals surface area contributed by atoms with Crippen LogP contribution in [0.4, 0.5) is 0 Å². The number of hydrogen-bond donors (Lipinski definition) is 0. The maximum atomic E-state index is 12.2. The van der Waals surface area contributed by atoms with Crippen LogP contribution < -0.4 is 0 Å². The highest BCUT2D eigenvalue weighted by molar-refractivity contribution is 7.91. The van der Waals surface area contributed by atoms with E-state index in [2.05, 4.69) is 10.1 Å². The maximum absolute atomic E-state index is 12.2. The Morgan fingerprint density at radius 3 is 2.56 bits per heavy atom. The molecule has 1 aromatic carbocycles. The fourth-order valence-electron chi connectivity index (χ4n) is 2.25. The Morgan fingerprint density at radius 1 is 1.24 bits per heavy atom. The van der Waals surface area contributed by atoms with E-state index < -0.39 is 9.84 Å². The maximum Gasteiger partial charge on any atom is 0.226 e. The lowest BCUT2D eigenvalue weighted by Crippen LogP contribution is -2.28. The third-order valence-electron chi connectivity index (χ3n) is 3.58. The normalized spacial score (nSPS) is 11.7. The van der Waals surface area contributed by atoms with Crippen LogP contribution in [0.15, 0.2) is 39.8 Å². The molecule has 0 bridgehead atoms. The standard InChI is InChI=1S/C17H23N3O4S/c1-13(2)11-16-18-15(19-24-16)12-20(3)17(21)9-10-25(22,23)14-7-5-4-6-8-14/h4-8,13H,9-12H2,1-3H3. The van der Waals surface area contributed by atoms with Crippen molar-refractivity contribution in [1.82, 2.24) is 15.0 Å². The molecule has 1 amide bonds. The second-order valence-corrected chi connectivity index (χ2v) is 8.44. The van der Waals surface area contributed by atoms with Gasteiger partial charge in [0.15, 0.2) is 15.7 Å². The molecule has 0 radical (unpaired) electrons. The van der Waals surface area contributed by atoms with Crippen LogP contribution in [0.25, 0.3) is 0 Å². The fraction of sp³-hybridized carbons (Fsp3) is 0.471. The van der Waals surface area contributed by atoms with Crippen LogP contribution in [0.3, 0.4) is 0 Å². The number of rotatable bonds is 8. The van der Waals surface area contributed by atoms with Crippen molar-refractivity contribution in [3.63, 3.8) is 0 Å². The predicted octanol–water partition coefficient (Wildman–Crippen LogP) is 2.09. The Hall–Kier alpha value is -2.22. The summed E-state index contributed by atoms with van der Waals surface area (Å²) >= 11 is 0. The van der Waals surface area contributed by atoms with Crippen molar-refractivity contribution < 1.29 is 17.7 Å². The second-order valence-electron chi connectivity index (χ2n) is 6.33. The number of amides is 1. The molecule has 0 spiro atoms. The van der Waals surface area contributed by atoms with Gasteiger partial charge in [-0.3, -0.25) is 4.79 Å². The fourth-order valence-corrected chi connectivity index (χ4v) is 3.50. The van der Waals surface area contributed by atoms with Crippen molar-refractivity contribution in [3.05, 3.63) is 42.0 Å². The van der Waals surface area contributed by atoms with Crippen LogP contribution in [0.5, 0.6) is 0 Å². The Morgan fingerprint density at radius 2 is 1.92 bits per heavy atom. The zero-order valence-electron chi connectivity index (χ0n) is 14.7. The average molecular weight is 365 g/mol. The van der Waals surface area contributed by atoms with E-state index in [0.29, 0.717) is 24.1 Å². The van der Waals surface area contributed by atoms with Gasteiger partial charge < -0.3 is 9.42 Å². The predicted molar refractivity (Wildman–Crippen MR) is 92.4 cm³/mol. The van der Waals surface area contributed by atoms with Crippen molar-refractivity contribution >= 4 is 15.7 Å². The van der Waals surface area contributed by atoms with Gasteiger partial charge in [0.1, 0.15) is 0 Å². The van der Waals surface area contributed by atoms with E-state index in [0.717, 1.165) is 0 Å². The van der Waals surface area contributed by atoms with Crippen LogP contribution in [-0.2, 0) is 27.6 Å². The van der Waals surface area contributed by atoms with Gasteiger partial charge in [-0.2, -0.15) is 4.98 Å². The van der Waals surface area contributed by atoms with Crippen molar-refractivity contribution in [2.75, 3.05) is 12.8 Å². The Kier molecular flexibility index (Phi) is 6.30. The van der Waals surface area contributed by atoms with Gasteiger partial charge >= 0.3 is 0 Å². The third-order valence-corrected chi connectivity index (χ3v) is 5.32. The summed E-state index contributed by atoms with van der Waals surface area (Å²) in [6.45, 7) is 4.28. The first-order valence-corrected chi connectivity index (χ1v) is 9.76. The van der Waals surface area contributed by atoms with E-state index in [1.165, 1.54) is 17.0 Å². The summed E-state index contributed by atoms with van der Waals surface area (Å²) in [5.41, 5.74) is 0. The monoisotopic (exact) mass is 365 g/mol. The van der Waals surface area contributed by atoms with Gasteiger partial charge in [-0.1, -0.05) is 37.2 Å². The molecule has 0 saturated heterocycles. The molecule has 0 fully saturated rings. The molecule has 0 saturated carbocycles. The van der Waals surface area contributed by atoms with E-state index >= 15 is 0 Å². The number of benzene rings is 1. The van der Waals surface area contributed by atoms with Gasteiger partial charge in [0, 0.05) is 19.9 Å². The minimum atomic E-state index is -3.47. The molecule has 0 aliphatic carbocycles. The van der Waals surface area contributed by atoms with Crippen molar-refractivity contribution in [3.8, 4) is 0 Å². The number of nitrogens with zero attached hydrogens (tertiary/aromatic N) is 3. The van der Waals surface area contributed by atoms with Crippen LogP contribution >= 0.6 is 0 Å². The number of sulfone groups is 1. The molecular weight excluding hydrogens is 342 g/mol. The summed E-state index contributed by atoms with van der Waals surface area (Å²) in [4.78, 5) is 18.1. The smallest absolute Gasteiger partial charge is 0.226 e. The minimum absolute atomic E-state index is 0.0928. The molecule has 25 heavy (non-hydrogen) atoms. The zero-order valence-corrected chi connectivity index (χ0v) is 15.5. The molecule has 8 heteroatoms. The summed E-state index contributed by atoms with van der Waals surface area (Å²) in [6.07, 6.45) is 0.588. The highest BCUT2D eigenvalue weighted by Crippen LogP contribution is 2.12. The molecule has 0 aliphatic rings. The topological polar surface area (TPSA) is 93.4 Å². The Bertz CT molecular complexity index is 800. The van der Waals surface area contributed by atoms with Gasteiger partial charge in [0.2, 0.25) is 11.8 Å². The Labute approximate surface area is 148 Å².